The summed E-state index contributed by atoms with van der Waals surface area (Å²) in [5.74, 6) is 0.236. The van der Waals surface area contributed by atoms with Gasteiger partial charge in [-0.25, -0.2) is 4.98 Å². The number of aryl methyl sites for hydroxylation is 1. The summed E-state index contributed by atoms with van der Waals surface area (Å²) in [4.78, 5) is 15.8. The zero-order valence-electron chi connectivity index (χ0n) is 10.0. The highest BCUT2D eigenvalue weighted by Gasteiger charge is 2.18. The molecule has 0 spiro atoms. The molecule has 0 saturated heterocycles. The van der Waals surface area contributed by atoms with Crippen LogP contribution in [-0.4, -0.2) is 10.9 Å². The molecule has 4 heteroatoms. The number of pyridine rings is 1. The highest BCUT2D eigenvalue weighted by molar-refractivity contribution is 6.32. The van der Waals surface area contributed by atoms with Gasteiger partial charge >= 0.3 is 0 Å². The van der Waals surface area contributed by atoms with Crippen LogP contribution in [0.25, 0.3) is 0 Å². The molecule has 1 rings (SSSR count). The highest BCUT2D eigenvalue weighted by atomic mass is 35.5. The standard InChI is InChI=1S/C12H17ClN2O/c1-7(2)9(4)12(16)15-10-8(3)5-6-14-11(10)13/h5-7,9H,1-4H3,(H,15,16). The van der Waals surface area contributed by atoms with Crippen LogP contribution in [0.15, 0.2) is 12.3 Å². The minimum Gasteiger partial charge on any atom is -0.323 e. The number of nitrogens with one attached hydrogen (secondary N) is 1. The second-order valence-electron chi connectivity index (χ2n) is 4.32. The summed E-state index contributed by atoms with van der Waals surface area (Å²) in [5.41, 5.74) is 1.53. The van der Waals surface area contributed by atoms with Crippen LogP contribution >= 0.6 is 11.6 Å². The maximum absolute atomic E-state index is 11.9. The fourth-order valence-corrected chi connectivity index (χ4v) is 1.47. The van der Waals surface area contributed by atoms with Crippen molar-refractivity contribution in [1.82, 2.24) is 4.98 Å². The number of rotatable bonds is 3. The minimum absolute atomic E-state index is 0.0204. The summed E-state index contributed by atoms with van der Waals surface area (Å²) >= 11 is 5.93. The summed E-state index contributed by atoms with van der Waals surface area (Å²) in [6.07, 6.45) is 1.62. The minimum atomic E-state index is -0.0457. The lowest BCUT2D eigenvalue weighted by atomic mass is 9.97. The summed E-state index contributed by atoms with van der Waals surface area (Å²) in [6, 6.07) is 1.82. The molecule has 1 aromatic heterocycles. The van der Waals surface area contributed by atoms with Crippen molar-refractivity contribution in [2.45, 2.75) is 27.7 Å². The number of anilines is 1. The lowest BCUT2D eigenvalue weighted by Crippen LogP contribution is -2.24. The first kappa shape index (κ1) is 13.0. The van der Waals surface area contributed by atoms with Gasteiger partial charge < -0.3 is 5.32 Å². The number of amides is 1. The molecule has 3 nitrogen and oxygen atoms in total. The predicted octanol–water partition coefficient (Wildman–Crippen LogP) is 3.27. The van der Waals surface area contributed by atoms with Gasteiger partial charge in [-0.2, -0.15) is 0 Å². The van der Waals surface area contributed by atoms with E-state index in [0.717, 1.165) is 5.56 Å². The van der Waals surface area contributed by atoms with Gasteiger partial charge in [0.1, 0.15) is 0 Å². The predicted molar refractivity (Wildman–Crippen MR) is 66.6 cm³/mol. The lowest BCUT2D eigenvalue weighted by molar-refractivity contribution is -0.120. The molecule has 16 heavy (non-hydrogen) atoms. The van der Waals surface area contributed by atoms with Gasteiger partial charge in [0.2, 0.25) is 5.91 Å². The van der Waals surface area contributed by atoms with E-state index < -0.39 is 0 Å². The molecule has 0 fully saturated rings. The molecular formula is C12H17ClN2O. The molecule has 1 heterocycles. The Kier molecular flexibility index (Phi) is 4.30. The van der Waals surface area contributed by atoms with Crippen LogP contribution in [0.5, 0.6) is 0 Å². The Morgan fingerprint density at radius 3 is 2.56 bits per heavy atom. The van der Waals surface area contributed by atoms with E-state index in [4.69, 9.17) is 11.6 Å². The van der Waals surface area contributed by atoms with Gasteiger partial charge in [0, 0.05) is 12.1 Å². The summed E-state index contributed by atoms with van der Waals surface area (Å²) < 4.78 is 0. The van der Waals surface area contributed by atoms with Crippen LogP contribution in [0, 0.1) is 18.8 Å². The molecule has 0 aliphatic carbocycles. The van der Waals surface area contributed by atoms with Crippen LogP contribution in [0.2, 0.25) is 5.15 Å². The third-order valence-electron chi connectivity index (χ3n) is 2.77. The Hall–Kier alpha value is -1.09. The number of carbonyl (C=O) groups excluding carboxylic acids is 1. The Morgan fingerprint density at radius 2 is 2.06 bits per heavy atom. The van der Waals surface area contributed by atoms with Crippen molar-refractivity contribution in [3.8, 4) is 0 Å². The highest BCUT2D eigenvalue weighted by Crippen LogP contribution is 2.24. The first-order valence-corrected chi connectivity index (χ1v) is 5.73. The topological polar surface area (TPSA) is 42.0 Å². The van der Waals surface area contributed by atoms with Crippen LogP contribution < -0.4 is 5.32 Å². The van der Waals surface area contributed by atoms with E-state index in [1.807, 2.05) is 33.8 Å². The van der Waals surface area contributed by atoms with Gasteiger partial charge in [0.05, 0.1) is 5.69 Å². The molecule has 0 aliphatic heterocycles. The van der Waals surface area contributed by atoms with Gasteiger partial charge in [0.15, 0.2) is 5.15 Å². The van der Waals surface area contributed by atoms with Crippen LogP contribution in [-0.2, 0) is 4.79 Å². The van der Waals surface area contributed by atoms with Crippen LogP contribution in [0.4, 0.5) is 5.69 Å². The van der Waals surface area contributed by atoms with Gasteiger partial charge in [-0.1, -0.05) is 32.4 Å². The Bertz CT molecular complexity index is 370. The quantitative estimate of drug-likeness (QED) is 0.824. The average Bonchev–Trinajstić information content (AvgIpc) is 2.22. The molecule has 1 aromatic rings. The molecule has 1 unspecified atom stereocenters. The lowest BCUT2D eigenvalue weighted by Gasteiger charge is -2.16. The number of hydrogen-bond acceptors (Lipinski definition) is 2. The van der Waals surface area contributed by atoms with Crippen molar-refractivity contribution >= 4 is 23.2 Å². The smallest absolute Gasteiger partial charge is 0.227 e. The fourth-order valence-electron chi connectivity index (χ4n) is 1.22. The molecule has 88 valence electrons. The maximum atomic E-state index is 11.9. The van der Waals surface area contributed by atoms with E-state index in [2.05, 4.69) is 10.3 Å². The molecular weight excluding hydrogens is 224 g/mol. The second kappa shape index (κ2) is 5.30. The molecule has 0 bridgehead atoms. The molecule has 0 radical (unpaired) electrons. The van der Waals surface area contributed by atoms with E-state index >= 15 is 0 Å². The molecule has 0 saturated carbocycles. The van der Waals surface area contributed by atoms with E-state index in [0.29, 0.717) is 16.8 Å². The SMILES string of the molecule is Cc1ccnc(Cl)c1NC(=O)C(C)C(C)C. The fraction of sp³-hybridized carbons (Fsp3) is 0.500. The number of aromatic nitrogens is 1. The summed E-state index contributed by atoms with van der Waals surface area (Å²) in [6.45, 7) is 7.83. The Balaban J connectivity index is 2.85. The normalized spacial score (nSPS) is 12.6. The van der Waals surface area contributed by atoms with Crippen LogP contribution in [0.3, 0.4) is 0 Å². The van der Waals surface area contributed by atoms with Crippen molar-refractivity contribution in [2.75, 3.05) is 5.32 Å². The largest absolute Gasteiger partial charge is 0.323 e. The Morgan fingerprint density at radius 1 is 1.44 bits per heavy atom. The summed E-state index contributed by atoms with van der Waals surface area (Å²) in [5, 5.41) is 3.16. The van der Waals surface area contributed by atoms with E-state index in [1.165, 1.54) is 0 Å². The third kappa shape index (κ3) is 2.95. The number of hydrogen-bond donors (Lipinski definition) is 1. The van der Waals surface area contributed by atoms with Gasteiger partial charge in [-0.15, -0.1) is 0 Å². The molecule has 1 amide bonds. The number of nitrogens with zero attached hydrogens (tertiary/aromatic N) is 1. The molecule has 1 N–H and O–H groups in total. The number of halogens is 1. The summed E-state index contributed by atoms with van der Waals surface area (Å²) in [7, 11) is 0. The third-order valence-corrected chi connectivity index (χ3v) is 3.06. The zero-order chi connectivity index (χ0) is 12.3. The van der Waals surface area contributed by atoms with Crippen molar-refractivity contribution in [1.29, 1.82) is 0 Å². The molecule has 1 atom stereocenters. The van der Waals surface area contributed by atoms with Gasteiger partial charge in [0.25, 0.3) is 0 Å². The van der Waals surface area contributed by atoms with E-state index in [9.17, 15) is 4.79 Å². The number of carbonyl (C=O) groups is 1. The van der Waals surface area contributed by atoms with E-state index in [-0.39, 0.29) is 11.8 Å². The van der Waals surface area contributed by atoms with Gasteiger partial charge in [-0.05, 0) is 24.5 Å². The average molecular weight is 241 g/mol. The first-order chi connectivity index (χ1) is 7.43. The van der Waals surface area contributed by atoms with Crippen molar-refractivity contribution in [2.24, 2.45) is 11.8 Å². The maximum Gasteiger partial charge on any atom is 0.227 e. The zero-order valence-corrected chi connectivity index (χ0v) is 10.8. The first-order valence-electron chi connectivity index (χ1n) is 5.35. The van der Waals surface area contributed by atoms with E-state index in [1.54, 1.807) is 6.20 Å². The van der Waals surface area contributed by atoms with Crippen LogP contribution in [0.1, 0.15) is 26.3 Å². The molecule has 0 aliphatic rings. The monoisotopic (exact) mass is 240 g/mol. The van der Waals surface area contributed by atoms with Gasteiger partial charge in [-0.3, -0.25) is 4.79 Å². The van der Waals surface area contributed by atoms with Crippen molar-refractivity contribution < 1.29 is 4.79 Å². The van der Waals surface area contributed by atoms with Crippen molar-refractivity contribution in [3.63, 3.8) is 0 Å². The molecule has 0 aromatic carbocycles. The van der Waals surface area contributed by atoms with Crippen molar-refractivity contribution in [3.05, 3.63) is 23.0 Å². The Labute approximate surface area is 101 Å². The second-order valence-corrected chi connectivity index (χ2v) is 4.67.